The number of aryl methyl sites for hydroxylation is 1. The van der Waals surface area contributed by atoms with Crippen LogP contribution in [0.2, 0.25) is 0 Å². The standard InChI is InChI=1S/C13H21N5OS2/c1-9-16-10(8-20-9)11-12(14)17-21-13(11)15-4-6-19-7-5-18(2)3/h8,15H,4-7H2,1-3H3,(H2,14,17). The number of rotatable bonds is 8. The molecule has 0 atom stereocenters. The highest BCUT2D eigenvalue weighted by molar-refractivity contribution is 7.11. The number of nitrogen functional groups attached to an aromatic ring is 1. The molecule has 2 rings (SSSR count). The van der Waals surface area contributed by atoms with Crippen molar-refractivity contribution in [1.29, 1.82) is 0 Å². The largest absolute Gasteiger partial charge is 0.382 e. The van der Waals surface area contributed by atoms with Gasteiger partial charge in [-0.3, -0.25) is 0 Å². The third-order valence-corrected chi connectivity index (χ3v) is 4.40. The fraction of sp³-hybridized carbons (Fsp3) is 0.538. The molecular formula is C13H21N5OS2. The normalized spacial score (nSPS) is 11.2. The molecule has 0 aromatic carbocycles. The first-order valence-corrected chi connectivity index (χ1v) is 8.37. The number of nitrogens with zero attached hydrogens (tertiary/aromatic N) is 3. The number of anilines is 2. The number of nitrogens with one attached hydrogen (secondary N) is 1. The average molecular weight is 327 g/mol. The number of hydrogen-bond donors (Lipinski definition) is 2. The second-order valence-electron chi connectivity index (χ2n) is 4.87. The lowest BCUT2D eigenvalue weighted by Crippen LogP contribution is -2.19. The highest BCUT2D eigenvalue weighted by Crippen LogP contribution is 2.36. The number of ether oxygens (including phenoxy) is 1. The molecule has 0 fully saturated rings. The lowest BCUT2D eigenvalue weighted by molar-refractivity contribution is 0.126. The zero-order valence-corrected chi connectivity index (χ0v) is 14.2. The van der Waals surface area contributed by atoms with E-state index in [0.29, 0.717) is 12.4 Å². The minimum Gasteiger partial charge on any atom is -0.382 e. The molecule has 2 aromatic rings. The molecule has 21 heavy (non-hydrogen) atoms. The van der Waals surface area contributed by atoms with E-state index < -0.39 is 0 Å². The quantitative estimate of drug-likeness (QED) is 0.724. The Bertz CT molecular complexity index is 567. The molecule has 0 saturated heterocycles. The van der Waals surface area contributed by atoms with Crippen LogP contribution in [0.5, 0.6) is 0 Å². The third kappa shape index (κ3) is 4.63. The van der Waals surface area contributed by atoms with Crippen LogP contribution in [0.15, 0.2) is 5.38 Å². The predicted octanol–water partition coefficient (Wildman–Crippen LogP) is 2.15. The van der Waals surface area contributed by atoms with E-state index >= 15 is 0 Å². The van der Waals surface area contributed by atoms with Gasteiger partial charge in [-0.2, -0.15) is 4.37 Å². The van der Waals surface area contributed by atoms with Crippen LogP contribution in [0, 0.1) is 6.92 Å². The summed E-state index contributed by atoms with van der Waals surface area (Å²) < 4.78 is 9.77. The Morgan fingerprint density at radius 3 is 2.86 bits per heavy atom. The Balaban J connectivity index is 1.87. The molecular weight excluding hydrogens is 306 g/mol. The van der Waals surface area contributed by atoms with E-state index in [4.69, 9.17) is 10.5 Å². The first kappa shape index (κ1) is 16.2. The molecule has 0 aliphatic carbocycles. The van der Waals surface area contributed by atoms with Crippen molar-refractivity contribution in [3.63, 3.8) is 0 Å². The SMILES string of the molecule is Cc1nc(-c2c(N)nsc2NCCOCCN(C)C)cs1. The van der Waals surface area contributed by atoms with Crippen molar-refractivity contribution in [2.45, 2.75) is 6.92 Å². The number of thiazole rings is 1. The van der Waals surface area contributed by atoms with Crippen LogP contribution in [0.4, 0.5) is 10.8 Å². The Kier molecular flexibility index (Phi) is 5.92. The van der Waals surface area contributed by atoms with E-state index in [9.17, 15) is 0 Å². The summed E-state index contributed by atoms with van der Waals surface area (Å²) in [4.78, 5) is 6.58. The molecule has 2 heterocycles. The molecule has 6 nitrogen and oxygen atoms in total. The monoisotopic (exact) mass is 327 g/mol. The third-order valence-electron chi connectivity index (χ3n) is 2.81. The van der Waals surface area contributed by atoms with Crippen molar-refractivity contribution < 1.29 is 4.74 Å². The summed E-state index contributed by atoms with van der Waals surface area (Å²) in [5.41, 5.74) is 7.74. The van der Waals surface area contributed by atoms with Crippen molar-refractivity contribution in [3.05, 3.63) is 10.4 Å². The van der Waals surface area contributed by atoms with Crippen LogP contribution in [0.1, 0.15) is 5.01 Å². The summed E-state index contributed by atoms with van der Waals surface area (Å²) in [7, 11) is 4.06. The Morgan fingerprint density at radius 1 is 1.38 bits per heavy atom. The van der Waals surface area contributed by atoms with Gasteiger partial charge >= 0.3 is 0 Å². The Hall–Kier alpha value is -1.22. The smallest absolute Gasteiger partial charge is 0.148 e. The van der Waals surface area contributed by atoms with Gasteiger partial charge in [0, 0.05) is 18.5 Å². The van der Waals surface area contributed by atoms with Crippen LogP contribution in [-0.4, -0.2) is 54.7 Å². The van der Waals surface area contributed by atoms with Gasteiger partial charge in [0.2, 0.25) is 0 Å². The lowest BCUT2D eigenvalue weighted by atomic mass is 10.2. The van der Waals surface area contributed by atoms with Gasteiger partial charge < -0.3 is 20.7 Å². The van der Waals surface area contributed by atoms with Crippen molar-refractivity contribution in [2.24, 2.45) is 0 Å². The van der Waals surface area contributed by atoms with Gasteiger partial charge in [-0.15, -0.1) is 11.3 Å². The van der Waals surface area contributed by atoms with Gasteiger partial charge in [-0.1, -0.05) is 0 Å². The number of nitrogens with two attached hydrogens (primary N) is 1. The molecule has 0 amide bonds. The van der Waals surface area contributed by atoms with Crippen LogP contribution >= 0.6 is 22.9 Å². The van der Waals surface area contributed by atoms with Crippen LogP contribution in [-0.2, 0) is 4.74 Å². The minimum atomic E-state index is 0.529. The van der Waals surface area contributed by atoms with E-state index in [1.807, 2.05) is 26.4 Å². The molecule has 0 bridgehead atoms. The Morgan fingerprint density at radius 2 is 2.19 bits per heavy atom. The van der Waals surface area contributed by atoms with Gasteiger partial charge in [0.05, 0.1) is 29.5 Å². The highest BCUT2D eigenvalue weighted by atomic mass is 32.1. The zero-order chi connectivity index (χ0) is 15.2. The number of aromatic nitrogens is 2. The summed E-state index contributed by atoms with van der Waals surface area (Å²) >= 11 is 2.97. The predicted molar refractivity (Wildman–Crippen MR) is 90.2 cm³/mol. The first-order chi connectivity index (χ1) is 10.1. The van der Waals surface area contributed by atoms with Crippen LogP contribution in [0.25, 0.3) is 11.3 Å². The molecule has 0 spiro atoms. The lowest BCUT2D eigenvalue weighted by Gasteiger charge is -2.10. The summed E-state index contributed by atoms with van der Waals surface area (Å²) in [5, 5.41) is 7.31. The molecule has 0 saturated carbocycles. The molecule has 0 aliphatic rings. The summed E-state index contributed by atoms with van der Waals surface area (Å²) in [6.45, 7) is 5.02. The van der Waals surface area contributed by atoms with Gasteiger partial charge in [-0.25, -0.2) is 4.98 Å². The fourth-order valence-corrected chi connectivity index (χ4v) is 3.09. The Labute approximate surface area is 133 Å². The summed E-state index contributed by atoms with van der Waals surface area (Å²) in [6.07, 6.45) is 0. The van der Waals surface area contributed by atoms with Crippen molar-refractivity contribution in [2.75, 3.05) is 51.4 Å². The maximum absolute atomic E-state index is 5.96. The molecule has 8 heteroatoms. The molecule has 2 aromatic heterocycles. The van der Waals surface area contributed by atoms with E-state index in [1.54, 1.807) is 11.3 Å². The average Bonchev–Trinajstić information content (AvgIpc) is 2.99. The molecule has 0 aliphatic heterocycles. The van der Waals surface area contributed by atoms with Crippen LogP contribution < -0.4 is 11.1 Å². The van der Waals surface area contributed by atoms with Gasteiger partial charge in [-0.05, 0) is 32.6 Å². The van der Waals surface area contributed by atoms with Gasteiger partial charge in [0.25, 0.3) is 0 Å². The van der Waals surface area contributed by atoms with Crippen molar-refractivity contribution in [3.8, 4) is 11.3 Å². The molecule has 3 N–H and O–H groups in total. The fourth-order valence-electron chi connectivity index (χ4n) is 1.73. The summed E-state index contributed by atoms with van der Waals surface area (Å²) in [5.74, 6) is 0.529. The van der Waals surface area contributed by atoms with Gasteiger partial charge in [0.1, 0.15) is 10.8 Å². The topological polar surface area (TPSA) is 76.3 Å². The van der Waals surface area contributed by atoms with E-state index in [0.717, 1.165) is 41.0 Å². The highest BCUT2D eigenvalue weighted by Gasteiger charge is 2.15. The molecule has 0 radical (unpaired) electrons. The van der Waals surface area contributed by atoms with Crippen molar-refractivity contribution in [1.82, 2.24) is 14.3 Å². The maximum Gasteiger partial charge on any atom is 0.148 e. The second kappa shape index (κ2) is 7.69. The van der Waals surface area contributed by atoms with Gasteiger partial charge in [0.15, 0.2) is 0 Å². The van der Waals surface area contributed by atoms with Crippen molar-refractivity contribution >= 4 is 33.7 Å². The number of hydrogen-bond acceptors (Lipinski definition) is 8. The first-order valence-electron chi connectivity index (χ1n) is 6.72. The molecule has 0 unspecified atom stereocenters. The summed E-state index contributed by atoms with van der Waals surface area (Å²) in [6, 6.07) is 0. The van der Waals surface area contributed by atoms with Crippen LogP contribution in [0.3, 0.4) is 0 Å². The second-order valence-corrected chi connectivity index (χ2v) is 6.70. The van der Waals surface area contributed by atoms with E-state index in [1.165, 1.54) is 11.5 Å². The van der Waals surface area contributed by atoms with E-state index in [-0.39, 0.29) is 0 Å². The number of likely N-dealkylation sites (N-methyl/N-ethyl adjacent to an activating group) is 1. The zero-order valence-electron chi connectivity index (χ0n) is 12.5. The minimum absolute atomic E-state index is 0.529. The maximum atomic E-state index is 5.96. The molecule has 116 valence electrons. The van der Waals surface area contributed by atoms with E-state index in [2.05, 4.69) is 19.6 Å².